The van der Waals surface area contributed by atoms with E-state index in [1.54, 1.807) is 88.4 Å². The van der Waals surface area contributed by atoms with Gasteiger partial charge in [0.15, 0.2) is 29.4 Å². The van der Waals surface area contributed by atoms with E-state index in [1.807, 2.05) is 27.7 Å². The van der Waals surface area contributed by atoms with Crippen molar-refractivity contribution in [3.8, 4) is 11.5 Å². The van der Waals surface area contributed by atoms with Crippen molar-refractivity contribution in [3.05, 3.63) is 109 Å². The molecule has 12 atom stereocenters. The standard InChI is InChI=1S/C35H49FN5O10P.C27H37FN5O8P/c1-8-24(9-2)17-46-34(44)23(7)40-52(45,51-25-13-11-10-12-14-25)47-19-35(18-36)30(49-33(43)22(5)6)29(48-32(42)21(3)4)28(50-35)26-15-16-27-31(37)38-20-39-41(26)27;1-4-18(5-2)13-38-26(36)17(3)32-42(37,41-19-9-7-6-8-10-19)39-15-27(14-28)24(35)22(34)23(40-27)20-11-12-21-25(29)30-16-31-33(20)21/h10-16,20-24,28-30H,8-9,17-19H2,1-7H3,(H,40,45)(H2,37,38,39);6-12,16-18,22-24,34-35H,4-5,13-15H2,1-3H3,(H,32,37)(H2,29,30,31)/t23-,28-,29-,30-,35+,52-;17-,22-,23-,24-,27+,42-/m00/s1. The van der Waals surface area contributed by atoms with E-state index in [0.717, 1.165) is 25.7 Å². The van der Waals surface area contributed by atoms with Gasteiger partial charge in [0, 0.05) is 0 Å². The van der Waals surface area contributed by atoms with E-state index in [0.29, 0.717) is 11.0 Å². The fourth-order valence-electron chi connectivity index (χ4n) is 10.0. The monoisotopic (exact) mass is 1360 g/mol. The number of nitrogens with zero attached hydrogens (tertiary/aromatic N) is 6. The highest BCUT2D eigenvalue weighted by molar-refractivity contribution is 7.52. The second kappa shape index (κ2) is 32.9. The lowest BCUT2D eigenvalue weighted by Gasteiger charge is -2.34. The Kier molecular flexibility index (Phi) is 26.0. The minimum atomic E-state index is -4.58. The van der Waals surface area contributed by atoms with Crippen LogP contribution in [0.4, 0.5) is 20.4 Å². The predicted octanol–water partition coefficient (Wildman–Crippen LogP) is 8.36. The minimum absolute atomic E-state index is 0.110. The third-order valence-electron chi connectivity index (χ3n) is 16.0. The molecule has 8 N–H and O–H groups in total. The molecule has 2 aliphatic heterocycles. The molecule has 516 valence electrons. The number of para-hydroxylation sites is 2. The van der Waals surface area contributed by atoms with Gasteiger partial charge in [0.2, 0.25) is 0 Å². The molecule has 2 saturated heterocycles. The normalized spacial score (nSPS) is 23.1. The van der Waals surface area contributed by atoms with E-state index < -0.39 is 138 Å². The zero-order valence-corrected chi connectivity index (χ0v) is 55.9. The molecule has 32 heteroatoms. The number of aliphatic hydroxyl groups excluding tert-OH is 2. The molecule has 0 spiro atoms. The molecule has 0 amide bonds. The van der Waals surface area contributed by atoms with Crippen molar-refractivity contribution in [2.45, 2.75) is 155 Å². The van der Waals surface area contributed by atoms with Gasteiger partial charge in [-0.1, -0.05) is 117 Å². The van der Waals surface area contributed by atoms with E-state index in [-0.39, 0.29) is 59.6 Å². The van der Waals surface area contributed by atoms with E-state index in [9.17, 15) is 42.9 Å². The van der Waals surface area contributed by atoms with Crippen molar-refractivity contribution in [1.82, 2.24) is 39.4 Å². The molecule has 4 aromatic heterocycles. The van der Waals surface area contributed by atoms with Gasteiger partial charge in [-0.05, 0) is 74.2 Å². The quantitative estimate of drug-likeness (QED) is 0.0131. The van der Waals surface area contributed by atoms with Crippen LogP contribution in [-0.4, -0.2) is 151 Å². The van der Waals surface area contributed by atoms with Crippen molar-refractivity contribution in [3.63, 3.8) is 0 Å². The number of nitrogen functional groups attached to an aromatic ring is 2. The Bertz CT molecular complexity index is 3570. The number of nitrogens with two attached hydrogens (primary N) is 2. The summed E-state index contributed by atoms with van der Waals surface area (Å²) in [6.45, 7) is 13.2. The van der Waals surface area contributed by atoms with Crippen molar-refractivity contribution in [2.24, 2.45) is 23.7 Å². The number of carbonyl (C=O) groups excluding carboxylic acids is 4. The summed E-state index contributed by atoms with van der Waals surface area (Å²) in [7, 11) is -9.00. The third-order valence-corrected chi connectivity index (χ3v) is 19.3. The van der Waals surface area contributed by atoms with Gasteiger partial charge in [-0.2, -0.15) is 20.4 Å². The molecule has 94 heavy (non-hydrogen) atoms. The fraction of sp³-hybridized carbons (Fsp3) is 0.548. The number of rotatable bonds is 32. The number of nitrogens with one attached hydrogen (secondary N) is 2. The molecule has 0 saturated carbocycles. The Morgan fingerprint density at radius 3 is 1.41 bits per heavy atom. The summed E-state index contributed by atoms with van der Waals surface area (Å²) in [5, 5.41) is 35.3. The van der Waals surface area contributed by atoms with Crippen molar-refractivity contribution >= 4 is 62.0 Å². The smallest absolute Gasteiger partial charge is 0.459 e. The summed E-state index contributed by atoms with van der Waals surface area (Å²) in [6.07, 6.45) is -3.38. The van der Waals surface area contributed by atoms with Crippen LogP contribution in [0, 0.1) is 23.7 Å². The van der Waals surface area contributed by atoms with Gasteiger partial charge in [0.05, 0.1) is 49.7 Å². The number of fused-ring (bicyclic) bond motifs is 2. The first-order valence-electron chi connectivity index (χ1n) is 31.0. The van der Waals surface area contributed by atoms with E-state index in [1.165, 1.54) is 59.8 Å². The lowest BCUT2D eigenvalue weighted by molar-refractivity contribution is -0.178. The number of ether oxygens (including phenoxy) is 6. The Labute approximate surface area is 543 Å². The summed E-state index contributed by atoms with van der Waals surface area (Å²) >= 11 is 0. The maximum atomic E-state index is 15.7. The van der Waals surface area contributed by atoms with Gasteiger partial charge in [-0.25, -0.2) is 36.9 Å². The molecule has 0 bridgehead atoms. The van der Waals surface area contributed by atoms with Gasteiger partial charge in [0.1, 0.15) is 90.6 Å². The predicted molar refractivity (Wildman–Crippen MR) is 338 cm³/mol. The molecule has 6 heterocycles. The number of alkyl halides is 2. The summed E-state index contributed by atoms with van der Waals surface area (Å²) in [5.41, 5.74) is 8.92. The molecule has 0 unspecified atom stereocenters. The zero-order valence-electron chi connectivity index (χ0n) is 54.2. The van der Waals surface area contributed by atoms with Gasteiger partial charge in [0.25, 0.3) is 0 Å². The molecular formula is C62H86F2N10O18P2. The molecule has 8 rings (SSSR count). The van der Waals surface area contributed by atoms with Crippen LogP contribution in [-0.2, 0) is 65.8 Å². The molecular weight excluding hydrogens is 1270 g/mol. The van der Waals surface area contributed by atoms with Gasteiger partial charge in [-0.3, -0.25) is 28.2 Å². The topological polar surface area (TPSA) is 372 Å². The first kappa shape index (κ1) is 74.2. The molecule has 2 fully saturated rings. The van der Waals surface area contributed by atoms with E-state index in [4.69, 9.17) is 58.0 Å². The second-order valence-electron chi connectivity index (χ2n) is 23.6. The number of carbonyl (C=O) groups is 4. The van der Waals surface area contributed by atoms with Crippen LogP contribution in [0.2, 0.25) is 0 Å². The van der Waals surface area contributed by atoms with Gasteiger partial charge < -0.3 is 59.1 Å². The largest absolute Gasteiger partial charge is 0.464 e. The average Bonchev–Trinajstić information content (AvgIpc) is 1.59. The lowest BCUT2D eigenvalue weighted by Crippen LogP contribution is -2.52. The van der Waals surface area contributed by atoms with Crippen LogP contribution in [0.1, 0.15) is 119 Å². The number of hydrogen-bond acceptors (Lipinski definition) is 24. The van der Waals surface area contributed by atoms with Gasteiger partial charge >= 0.3 is 39.4 Å². The first-order chi connectivity index (χ1) is 44.7. The number of anilines is 2. The van der Waals surface area contributed by atoms with Crippen molar-refractivity contribution in [1.29, 1.82) is 0 Å². The average molecular weight is 1360 g/mol. The number of esters is 4. The number of halogens is 2. The summed E-state index contributed by atoms with van der Waals surface area (Å²) in [6, 6.07) is 20.0. The van der Waals surface area contributed by atoms with Crippen LogP contribution >= 0.6 is 15.5 Å². The molecule has 2 aromatic carbocycles. The van der Waals surface area contributed by atoms with Crippen molar-refractivity contribution in [2.75, 3.05) is 51.2 Å². The summed E-state index contributed by atoms with van der Waals surface area (Å²) in [4.78, 5) is 59.9. The second-order valence-corrected chi connectivity index (χ2v) is 26.9. The highest BCUT2D eigenvalue weighted by atomic mass is 31.2. The Morgan fingerprint density at radius 2 is 1.00 bits per heavy atom. The molecule has 0 aliphatic carbocycles. The zero-order chi connectivity index (χ0) is 68.7. The summed E-state index contributed by atoms with van der Waals surface area (Å²) in [5.74, 6) is -3.27. The maximum absolute atomic E-state index is 15.7. The molecule has 28 nitrogen and oxygen atoms in total. The summed E-state index contributed by atoms with van der Waals surface area (Å²) < 4.78 is 119. The Hall–Kier alpha value is -7.24. The van der Waals surface area contributed by atoms with Crippen LogP contribution in [0.15, 0.2) is 97.6 Å². The number of aliphatic hydroxyl groups is 2. The first-order valence-corrected chi connectivity index (χ1v) is 34.1. The van der Waals surface area contributed by atoms with Crippen LogP contribution in [0.25, 0.3) is 11.0 Å². The van der Waals surface area contributed by atoms with Crippen LogP contribution in [0.5, 0.6) is 11.5 Å². The molecule has 0 radical (unpaired) electrons. The SMILES string of the molecule is CCC(CC)COC(=O)[C@H](C)N[P@](=O)(OC[C@@]1(CF)O[C@@H](c2ccc3c(N)ncnn23)[C@H](O)[C@@H]1O)Oc1ccccc1.CCC(CC)COC(=O)[C@H](C)N[P@](=O)(OC[C@@]1(CF)O[C@@H](c2ccc3c(N)ncnn23)[C@H](OC(=O)C(C)C)[C@@H]1OC(=O)C(C)C)Oc1ccccc1. The maximum Gasteiger partial charge on any atom is 0.459 e. The van der Waals surface area contributed by atoms with Crippen molar-refractivity contribution < 1.29 is 93.8 Å². The lowest BCUT2D eigenvalue weighted by atomic mass is 9.95. The highest BCUT2D eigenvalue weighted by Gasteiger charge is 2.62. The van der Waals surface area contributed by atoms with E-state index in [2.05, 4.69) is 30.3 Å². The molecule has 2 aliphatic rings. The Balaban J connectivity index is 0.000000272. The Morgan fingerprint density at radius 1 is 0.596 bits per heavy atom. The fourth-order valence-corrected chi connectivity index (χ4v) is 13.1. The minimum Gasteiger partial charge on any atom is -0.464 e. The van der Waals surface area contributed by atoms with E-state index >= 15 is 4.39 Å². The highest BCUT2D eigenvalue weighted by Crippen LogP contribution is 2.52. The van der Waals surface area contributed by atoms with Gasteiger partial charge in [-0.15, -0.1) is 0 Å². The number of benzene rings is 2. The van der Waals surface area contributed by atoms with Crippen LogP contribution in [0.3, 0.4) is 0 Å². The number of hydrogen-bond donors (Lipinski definition) is 6. The third kappa shape index (κ3) is 17.8. The molecule has 6 aromatic rings. The number of aromatic nitrogens is 6. The van der Waals surface area contributed by atoms with Crippen LogP contribution < -0.4 is 30.7 Å².